The molecule has 2 aromatic heterocycles. The van der Waals surface area contributed by atoms with Crippen LogP contribution in [0.5, 0.6) is 0 Å². The molecule has 0 radical (unpaired) electrons. The summed E-state index contributed by atoms with van der Waals surface area (Å²) >= 11 is 5.97. The van der Waals surface area contributed by atoms with Crippen molar-refractivity contribution in [3.8, 4) is 0 Å². The fraction of sp³-hybridized carbons (Fsp3) is 0.400. The molecule has 0 aromatic carbocycles. The zero-order valence-electron chi connectivity index (χ0n) is 7.87. The number of fused-ring (bicyclic) bond motifs is 1. The van der Waals surface area contributed by atoms with Crippen LogP contribution in [0.1, 0.15) is 24.5 Å². The van der Waals surface area contributed by atoms with Crippen LogP contribution in [0.3, 0.4) is 0 Å². The van der Waals surface area contributed by atoms with Gasteiger partial charge < -0.3 is 4.57 Å². The van der Waals surface area contributed by atoms with Gasteiger partial charge in [-0.15, -0.1) is 0 Å². The van der Waals surface area contributed by atoms with Gasteiger partial charge in [-0.1, -0.05) is 11.6 Å². The normalized spacial score (nSPS) is 16.4. The van der Waals surface area contributed by atoms with E-state index in [2.05, 4.69) is 9.97 Å². The standard InChI is InChI=1S/C10H10ClN3/c1-14-5-12-10-7(14)4-8(11)13-9(10)6-2-3-6/h4-6H,2-3H2,1H3. The van der Waals surface area contributed by atoms with Gasteiger partial charge in [-0.2, -0.15) is 0 Å². The number of imidazole rings is 1. The van der Waals surface area contributed by atoms with Gasteiger partial charge in [-0.25, -0.2) is 9.97 Å². The molecule has 0 N–H and O–H groups in total. The largest absolute Gasteiger partial charge is 0.334 e. The van der Waals surface area contributed by atoms with Crippen LogP contribution in [-0.2, 0) is 7.05 Å². The third-order valence-electron chi connectivity index (χ3n) is 2.67. The highest BCUT2D eigenvalue weighted by molar-refractivity contribution is 6.30. The van der Waals surface area contributed by atoms with E-state index < -0.39 is 0 Å². The monoisotopic (exact) mass is 207 g/mol. The lowest BCUT2D eigenvalue weighted by atomic mass is 10.2. The maximum absolute atomic E-state index is 5.97. The van der Waals surface area contributed by atoms with E-state index in [1.165, 1.54) is 12.8 Å². The third kappa shape index (κ3) is 1.12. The lowest BCUT2D eigenvalue weighted by molar-refractivity contribution is 0.947. The Labute approximate surface area is 86.7 Å². The topological polar surface area (TPSA) is 30.7 Å². The minimum absolute atomic E-state index is 0.572. The molecule has 1 saturated carbocycles. The van der Waals surface area contributed by atoms with Crippen molar-refractivity contribution >= 4 is 22.6 Å². The van der Waals surface area contributed by atoms with Crippen LogP contribution in [0.2, 0.25) is 5.15 Å². The summed E-state index contributed by atoms with van der Waals surface area (Å²) in [5.74, 6) is 0.589. The predicted octanol–water partition coefficient (Wildman–Crippen LogP) is 2.50. The van der Waals surface area contributed by atoms with Gasteiger partial charge in [0, 0.05) is 19.0 Å². The molecule has 1 aliphatic rings. The highest BCUT2D eigenvalue weighted by Gasteiger charge is 2.28. The first-order valence-electron chi connectivity index (χ1n) is 4.73. The number of pyridine rings is 1. The van der Waals surface area contributed by atoms with Gasteiger partial charge >= 0.3 is 0 Å². The Kier molecular flexibility index (Phi) is 1.59. The van der Waals surface area contributed by atoms with Gasteiger partial charge in [0.25, 0.3) is 0 Å². The molecule has 72 valence electrons. The zero-order chi connectivity index (χ0) is 9.71. The van der Waals surface area contributed by atoms with Gasteiger partial charge in [0.05, 0.1) is 17.5 Å². The Balaban J connectivity index is 2.35. The highest BCUT2D eigenvalue weighted by Crippen LogP contribution is 2.42. The molecule has 1 aliphatic carbocycles. The number of hydrogen-bond donors (Lipinski definition) is 0. The van der Waals surface area contributed by atoms with E-state index in [0.29, 0.717) is 11.1 Å². The molecular weight excluding hydrogens is 198 g/mol. The van der Waals surface area contributed by atoms with Crippen LogP contribution in [-0.4, -0.2) is 14.5 Å². The highest BCUT2D eigenvalue weighted by atomic mass is 35.5. The molecule has 0 saturated heterocycles. The Morgan fingerprint density at radius 3 is 3.00 bits per heavy atom. The van der Waals surface area contributed by atoms with Crippen molar-refractivity contribution < 1.29 is 0 Å². The van der Waals surface area contributed by atoms with E-state index in [1.54, 1.807) is 0 Å². The second kappa shape index (κ2) is 2.70. The first-order chi connectivity index (χ1) is 6.75. The minimum Gasteiger partial charge on any atom is -0.334 e. The second-order valence-electron chi connectivity index (χ2n) is 3.83. The SMILES string of the molecule is Cn1cnc2c(C3CC3)nc(Cl)cc21. The fourth-order valence-corrected chi connectivity index (χ4v) is 1.96. The second-order valence-corrected chi connectivity index (χ2v) is 4.21. The summed E-state index contributed by atoms with van der Waals surface area (Å²) in [6.07, 6.45) is 4.26. The van der Waals surface area contributed by atoms with Crippen molar-refractivity contribution in [2.24, 2.45) is 7.05 Å². The number of nitrogens with zero attached hydrogens (tertiary/aromatic N) is 3. The zero-order valence-corrected chi connectivity index (χ0v) is 8.62. The average Bonchev–Trinajstić information content (AvgIpc) is 2.93. The van der Waals surface area contributed by atoms with E-state index in [1.807, 2.05) is 24.0 Å². The van der Waals surface area contributed by atoms with Gasteiger partial charge in [0.1, 0.15) is 10.7 Å². The molecular formula is C10H10ClN3. The molecule has 0 unspecified atom stereocenters. The molecule has 1 fully saturated rings. The predicted molar refractivity (Wildman–Crippen MR) is 55.5 cm³/mol. The number of hydrogen-bond acceptors (Lipinski definition) is 2. The van der Waals surface area contributed by atoms with E-state index in [4.69, 9.17) is 11.6 Å². The van der Waals surface area contributed by atoms with E-state index in [0.717, 1.165) is 16.7 Å². The van der Waals surface area contributed by atoms with Crippen molar-refractivity contribution in [1.29, 1.82) is 0 Å². The average molecular weight is 208 g/mol. The lowest BCUT2D eigenvalue weighted by Gasteiger charge is -2.01. The maximum atomic E-state index is 5.97. The smallest absolute Gasteiger partial charge is 0.131 e. The van der Waals surface area contributed by atoms with Crippen LogP contribution in [0.4, 0.5) is 0 Å². The maximum Gasteiger partial charge on any atom is 0.131 e. The Bertz CT molecular complexity index is 499. The summed E-state index contributed by atoms with van der Waals surface area (Å²) in [5.41, 5.74) is 3.17. The molecule has 0 atom stereocenters. The van der Waals surface area contributed by atoms with Gasteiger partial charge in [-0.3, -0.25) is 0 Å². The van der Waals surface area contributed by atoms with Gasteiger partial charge in [0.15, 0.2) is 0 Å². The van der Waals surface area contributed by atoms with Crippen LogP contribution in [0.15, 0.2) is 12.4 Å². The van der Waals surface area contributed by atoms with Gasteiger partial charge in [-0.05, 0) is 12.8 Å². The van der Waals surface area contributed by atoms with E-state index in [9.17, 15) is 0 Å². The van der Waals surface area contributed by atoms with Crippen molar-refractivity contribution in [3.63, 3.8) is 0 Å². The molecule has 14 heavy (non-hydrogen) atoms. The Morgan fingerprint density at radius 2 is 2.29 bits per heavy atom. The van der Waals surface area contributed by atoms with Crippen molar-refractivity contribution in [1.82, 2.24) is 14.5 Å². The first-order valence-corrected chi connectivity index (χ1v) is 5.11. The molecule has 0 bridgehead atoms. The summed E-state index contributed by atoms with van der Waals surface area (Å²) in [4.78, 5) is 8.73. The molecule has 2 aromatic rings. The first kappa shape index (κ1) is 8.24. The quantitative estimate of drug-likeness (QED) is 0.673. The van der Waals surface area contributed by atoms with Crippen molar-refractivity contribution in [2.45, 2.75) is 18.8 Å². The molecule has 0 spiro atoms. The van der Waals surface area contributed by atoms with Crippen molar-refractivity contribution in [2.75, 3.05) is 0 Å². The number of aryl methyl sites for hydroxylation is 1. The molecule has 3 nitrogen and oxygen atoms in total. The Morgan fingerprint density at radius 1 is 1.50 bits per heavy atom. The third-order valence-corrected chi connectivity index (χ3v) is 2.87. The number of aromatic nitrogens is 3. The van der Waals surface area contributed by atoms with Crippen LogP contribution < -0.4 is 0 Å². The van der Waals surface area contributed by atoms with Crippen LogP contribution in [0.25, 0.3) is 11.0 Å². The van der Waals surface area contributed by atoms with E-state index in [-0.39, 0.29) is 0 Å². The Hall–Kier alpha value is -1.09. The van der Waals surface area contributed by atoms with Crippen LogP contribution in [0, 0.1) is 0 Å². The number of rotatable bonds is 1. The fourth-order valence-electron chi connectivity index (χ4n) is 1.76. The van der Waals surface area contributed by atoms with Crippen LogP contribution >= 0.6 is 11.6 Å². The minimum atomic E-state index is 0.572. The summed E-state index contributed by atoms with van der Waals surface area (Å²) in [5, 5.41) is 0.572. The molecule has 3 rings (SSSR count). The molecule has 0 aliphatic heterocycles. The molecule has 4 heteroatoms. The summed E-state index contributed by atoms with van der Waals surface area (Å²) < 4.78 is 1.98. The van der Waals surface area contributed by atoms with E-state index >= 15 is 0 Å². The van der Waals surface area contributed by atoms with Crippen molar-refractivity contribution in [3.05, 3.63) is 23.2 Å². The summed E-state index contributed by atoms with van der Waals surface area (Å²) in [6, 6.07) is 1.87. The molecule has 0 amide bonds. The number of halogens is 1. The lowest BCUT2D eigenvalue weighted by Crippen LogP contribution is -1.91. The van der Waals surface area contributed by atoms with Gasteiger partial charge in [0.2, 0.25) is 0 Å². The summed E-state index contributed by atoms with van der Waals surface area (Å²) in [7, 11) is 1.97. The summed E-state index contributed by atoms with van der Waals surface area (Å²) in [6.45, 7) is 0. The molecule has 2 heterocycles.